The SMILES string of the molecule is CC(C)C[C@H](N)C(=O)O[C@](C)(O)[C@H](N)Cc1ccc(O)cc1. The highest BCUT2D eigenvalue weighted by atomic mass is 16.7. The van der Waals surface area contributed by atoms with Crippen LogP contribution in [0.1, 0.15) is 32.8 Å². The Morgan fingerprint density at radius 1 is 1.27 bits per heavy atom. The van der Waals surface area contributed by atoms with Crippen LogP contribution in [0.2, 0.25) is 0 Å². The first kappa shape index (κ1) is 18.4. The fourth-order valence-corrected chi connectivity index (χ4v) is 2.03. The molecule has 0 aliphatic rings. The highest BCUT2D eigenvalue weighted by Gasteiger charge is 2.35. The summed E-state index contributed by atoms with van der Waals surface area (Å²) in [4.78, 5) is 11.9. The summed E-state index contributed by atoms with van der Waals surface area (Å²) in [7, 11) is 0. The molecule has 0 amide bonds. The Balaban J connectivity index is 2.63. The summed E-state index contributed by atoms with van der Waals surface area (Å²) in [5, 5.41) is 19.5. The van der Waals surface area contributed by atoms with Crippen LogP contribution in [-0.2, 0) is 16.0 Å². The highest BCUT2D eigenvalue weighted by Crippen LogP contribution is 2.18. The second-order valence-corrected chi connectivity index (χ2v) is 6.19. The van der Waals surface area contributed by atoms with Crippen molar-refractivity contribution in [3.05, 3.63) is 29.8 Å². The Hall–Kier alpha value is -1.63. The molecule has 0 radical (unpaired) electrons. The van der Waals surface area contributed by atoms with Crippen LogP contribution in [0.3, 0.4) is 0 Å². The van der Waals surface area contributed by atoms with Gasteiger partial charge < -0.3 is 26.4 Å². The van der Waals surface area contributed by atoms with Crippen molar-refractivity contribution >= 4 is 5.97 Å². The minimum Gasteiger partial charge on any atom is -0.508 e. The van der Waals surface area contributed by atoms with Gasteiger partial charge in [0, 0.05) is 6.92 Å². The fourth-order valence-electron chi connectivity index (χ4n) is 2.03. The molecule has 1 aromatic rings. The van der Waals surface area contributed by atoms with Crippen LogP contribution in [0.25, 0.3) is 0 Å². The normalized spacial score (nSPS) is 16.9. The maximum atomic E-state index is 11.9. The molecule has 0 aliphatic carbocycles. The summed E-state index contributed by atoms with van der Waals surface area (Å²) in [5.74, 6) is -2.09. The van der Waals surface area contributed by atoms with Gasteiger partial charge in [0.1, 0.15) is 11.8 Å². The minimum absolute atomic E-state index is 0.148. The summed E-state index contributed by atoms with van der Waals surface area (Å²) >= 11 is 0. The van der Waals surface area contributed by atoms with Crippen molar-refractivity contribution in [1.82, 2.24) is 0 Å². The monoisotopic (exact) mass is 310 g/mol. The molecular weight excluding hydrogens is 284 g/mol. The Morgan fingerprint density at radius 3 is 2.32 bits per heavy atom. The molecule has 0 heterocycles. The van der Waals surface area contributed by atoms with Gasteiger partial charge in [-0.1, -0.05) is 26.0 Å². The molecule has 0 bridgehead atoms. The molecule has 0 unspecified atom stereocenters. The van der Waals surface area contributed by atoms with E-state index in [0.29, 0.717) is 12.8 Å². The van der Waals surface area contributed by atoms with E-state index in [0.717, 1.165) is 5.56 Å². The van der Waals surface area contributed by atoms with E-state index >= 15 is 0 Å². The molecule has 6 N–H and O–H groups in total. The summed E-state index contributed by atoms with van der Waals surface area (Å²) in [6.07, 6.45) is 0.766. The summed E-state index contributed by atoms with van der Waals surface area (Å²) in [5.41, 5.74) is 12.5. The van der Waals surface area contributed by atoms with Crippen molar-refractivity contribution in [2.45, 2.75) is 51.5 Å². The number of aliphatic hydroxyl groups is 1. The van der Waals surface area contributed by atoms with Crippen molar-refractivity contribution in [2.24, 2.45) is 17.4 Å². The van der Waals surface area contributed by atoms with Gasteiger partial charge in [0.25, 0.3) is 0 Å². The third-order valence-corrected chi connectivity index (χ3v) is 3.42. The Morgan fingerprint density at radius 2 is 1.82 bits per heavy atom. The number of nitrogens with two attached hydrogens (primary N) is 2. The molecule has 6 heteroatoms. The average Bonchev–Trinajstić information content (AvgIpc) is 2.40. The largest absolute Gasteiger partial charge is 0.508 e. The van der Waals surface area contributed by atoms with Gasteiger partial charge in [-0.3, -0.25) is 4.79 Å². The molecule has 0 fully saturated rings. The van der Waals surface area contributed by atoms with E-state index in [-0.39, 0.29) is 11.7 Å². The van der Waals surface area contributed by atoms with Crippen LogP contribution in [-0.4, -0.2) is 34.1 Å². The van der Waals surface area contributed by atoms with Crippen molar-refractivity contribution in [1.29, 1.82) is 0 Å². The third kappa shape index (κ3) is 5.63. The predicted octanol–water partition coefficient (Wildman–Crippen LogP) is 0.887. The van der Waals surface area contributed by atoms with Gasteiger partial charge in [0.15, 0.2) is 0 Å². The average molecular weight is 310 g/mol. The molecule has 3 atom stereocenters. The molecule has 0 saturated heterocycles. The molecule has 6 nitrogen and oxygen atoms in total. The van der Waals surface area contributed by atoms with Crippen molar-refractivity contribution in [3.63, 3.8) is 0 Å². The lowest BCUT2D eigenvalue weighted by atomic mass is 10.00. The van der Waals surface area contributed by atoms with Crippen LogP contribution >= 0.6 is 0 Å². The molecule has 0 spiro atoms. The number of phenols is 1. The molecule has 0 aromatic heterocycles. The maximum Gasteiger partial charge on any atom is 0.325 e. The Kier molecular flexibility index (Phi) is 6.34. The van der Waals surface area contributed by atoms with Crippen LogP contribution in [0.4, 0.5) is 0 Å². The lowest BCUT2D eigenvalue weighted by molar-refractivity contribution is -0.211. The van der Waals surface area contributed by atoms with E-state index in [1.807, 2.05) is 13.8 Å². The number of carbonyl (C=O) groups is 1. The van der Waals surface area contributed by atoms with Gasteiger partial charge in [-0.05, 0) is 36.5 Å². The second-order valence-electron chi connectivity index (χ2n) is 6.19. The topological polar surface area (TPSA) is 119 Å². The van der Waals surface area contributed by atoms with Crippen LogP contribution in [0.15, 0.2) is 24.3 Å². The van der Waals surface area contributed by atoms with E-state index < -0.39 is 23.8 Å². The number of phenolic OH excluding ortho intramolecular Hbond substituents is 1. The smallest absolute Gasteiger partial charge is 0.325 e. The quantitative estimate of drug-likeness (QED) is 0.438. The Labute approximate surface area is 131 Å². The van der Waals surface area contributed by atoms with E-state index in [1.54, 1.807) is 12.1 Å². The van der Waals surface area contributed by atoms with E-state index in [1.165, 1.54) is 19.1 Å². The lowest BCUT2D eigenvalue weighted by Gasteiger charge is -2.31. The fraction of sp³-hybridized carbons (Fsp3) is 0.562. The first-order chi connectivity index (χ1) is 10.1. The van der Waals surface area contributed by atoms with Crippen molar-refractivity contribution in [3.8, 4) is 5.75 Å². The summed E-state index contributed by atoms with van der Waals surface area (Å²) < 4.78 is 5.08. The standard InChI is InChI=1S/C16H26N2O4/c1-10(2)8-13(17)15(20)22-16(3,21)14(18)9-11-4-6-12(19)7-5-11/h4-7,10,13-14,19,21H,8-9,17-18H2,1-3H3/t13-,14+,16-/m0/s1. The third-order valence-electron chi connectivity index (χ3n) is 3.42. The van der Waals surface area contributed by atoms with Gasteiger partial charge in [-0.15, -0.1) is 0 Å². The van der Waals surface area contributed by atoms with Crippen molar-refractivity contribution in [2.75, 3.05) is 0 Å². The molecule has 0 saturated carbocycles. The number of ether oxygens (including phenoxy) is 1. The molecular formula is C16H26N2O4. The summed E-state index contributed by atoms with van der Waals surface area (Å²) in [6, 6.07) is 4.84. The van der Waals surface area contributed by atoms with Crippen LogP contribution in [0, 0.1) is 5.92 Å². The number of hydrogen-bond donors (Lipinski definition) is 4. The molecule has 1 aromatic carbocycles. The first-order valence-electron chi connectivity index (χ1n) is 7.36. The first-order valence-corrected chi connectivity index (χ1v) is 7.36. The summed E-state index contributed by atoms with van der Waals surface area (Å²) in [6.45, 7) is 5.24. The zero-order chi connectivity index (χ0) is 16.9. The molecule has 1 rings (SSSR count). The maximum absolute atomic E-state index is 11.9. The van der Waals surface area contributed by atoms with Gasteiger partial charge in [-0.2, -0.15) is 0 Å². The van der Waals surface area contributed by atoms with Crippen molar-refractivity contribution < 1.29 is 19.7 Å². The predicted molar refractivity (Wildman–Crippen MR) is 83.9 cm³/mol. The highest BCUT2D eigenvalue weighted by molar-refractivity contribution is 5.75. The number of hydrogen-bond acceptors (Lipinski definition) is 6. The van der Waals surface area contributed by atoms with Crippen LogP contribution in [0.5, 0.6) is 5.75 Å². The number of rotatable bonds is 7. The zero-order valence-corrected chi connectivity index (χ0v) is 13.3. The van der Waals surface area contributed by atoms with Gasteiger partial charge in [-0.25, -0.2) is 0 Å². The molecule has 124 valence electrons. The second kappa shape index (κ2) is 7.58. The van der Waals surface area contributed by atoms with Gasteiger partial charge >= 0.3 is 5.97 Å². The molecule has 0 aliphatic heterocycles. The minimum atomic E-state index is -1.82. The van der Waals surface area contributed by atoms with E-state index in [2.05, 4.69) is 0 Å². The Bertz CT molecular complexity index is 485. The number of benzene rings is 1. The lowest BCUT2D eigenvalue weighted by Crippen LogP contribution is -2.52. The van der Waals surface area contributed by atoms with E-state index in [9.17, 15) is 15.0 Å². The van der Waals surface area contributed by atoms with Gasteiger partial charge in [0.05, 0.1) is 6.04 Å². The number of esters is 1. The van der Waals surface area contributed by atoms with E-state index in [4.69, 9.17) is 16.2 Å². The number of aromatic hydroxyl groups is 1. The van der Waals surface area contributed by atoms with Gasteiger partial charge in [0.2, 0.25) is 5.79 Å². The molecule has 22 heavy (non-hydrogen) atoms. The van der Waals surface area contributed by atoms with Crippen LogP contribution < -0.4 is 11.5 Å². The number of carbonyl (C=O) groups excluding carboxylic acids is 1. The zero-order valence-electron chi connectivity index (χ0n) is 13.3.